The molecule has 1 fully saturated rings. The summed E-state index contributed by atoms with van der Waals surface area (Å²) < 4.78 is 0. The van der Waals surface area contributed by atoms with Gasteiger partial charge in [-0.25, -0.2) is 0 Å². The Morgan fingerprint density at radius 1 is 1.88 bits per heavy atom. The van der Waals surface area contributed by atoms with Crippen LogP contribution >= 0.6 is 0 Å². The first-order chi connectivity index (χ1) is 3.84. The van der Waals surface area contributed by atoms with E-state index in [1.54, 1.807) is 0 Å². The van der Waals surface area contributed by atoms with E-state index in [1.807, 2.05) is 6.07 Å². The molecule has 0 aromatic rings. The van der Waals surface area contributed by atoms with E-state index in [2.05, 4.69) is 5.32 Å². The van der Waals surface area contributed by atoms with E-state index in [9.17, 15) is 4.79 Å². The van der Waals surface area contributed by atoms with Crippen LogP contribution in [0.5, 0.6) is 0 Å². The number of carbonyl (C=O) groups is 1. The fourth-order valence-electron chi connectivity index (χ4n) is 0.717. The van der Waals surface area contributed by atoms with Crippen molar-refractivity contribution in [2.24, 2.45) is 5.92 Å². The first kappa shape index (κ1) is 5.10. The minimum atomic E-state index is -0.380. The van der Waals surface area contributed by atoms with Gasteiger partial charge in [0.2, 0.25) is 5.91 Å². The van der Waals surface area contributed by atoms with Crippen molar-refractivity contribution in [3.63, 3.8) is 0 Å². The van der Waals surface area contributed by atoms with Gasteiger partial charge in [-0.3, -0.25) is 4.79 Å². The van der Waals surface area contributed by atoms with Gasteiger partial charge in [-0.1, -0.05) is 0 Å². The Bertz CT molecular complexity index is 147. The molecule has 0 spiro atoms. The summed E-state index contributed by atoms with van der Waals surface area (Å²) in [5.41, 5.74) is 0. The van der Waals surface area contributed by atoms with Gasteiger partial charge in [-0.05, 0) is 6.42 Å². The van der Waals surface area contributed by atoms with Crippen LogP contribution in [-0.2, 0) is 4.79 Å². The number of rotatable bonds is 0. The average Bonchev–Trinajstić information content (AvgIpc) is 2.14. The van der Waals surface area contributed by atoms with Crippen molar-refractivity contribution in [3.05, 3.63) is 0 Å². The number of nitriles is 1. The molecule has 0 aromatic carbocycles. The van der Waals surface area contributed by atoms with E-state index in [-0.39, 0.29) is 11.8 Å². The predicted molar refractivity (Wildman–Crippen MR) is 26.7 cm³/mol. The van der Waals surface area contributed by atoms with Crippen LogP contribution in [0.4, 0.5) is 0 Å². The maximum atomic E-state index is 10.5. The molecule has 0 radical (unpaired) electrons. The van der Waals surface area contributed by atoms with E-state index in [0.29, 0.717) is 13.0 Å². The summed E-state index contributed by atoms with van der Waals surface area (Å²) in [6.45, 7) is 0.664. The lowest BCUT2D eigenvalue weighted by Gasteiger charge is -1.87. The third-order valence-electron chi connectivity index (χ3n) is 1.20. The molecular weight excluding hydrogens is 104 g/mol. The monoisotopic (exact) mass is 110 g/mol. The van der Waals surface area contributed by atoms with Crippen molar-refractivity contribution >= 4 is 5.91 Å². The quantitative estimate of drug-likeness (QED) is 0.463. The second-order valence-electron chi connectivity index (χ2n) is 1.76. The van der Waals surface area contributed by atoms with Crippen LogP contribution in [0.2, 0.25) is 0 Å². The molecule has 0 aromatic heterocycles. The van der Waals surface area contributed by atoms with Crippen molar-refractivity contribution in [1.29, 1.82) is 5.26 Å². The molecule has 1 amide bonds. The number of nitrogens with one attached hydrogen (secondary N) is 1. The zero-order valence-electron chi connectivity index (χ0n) is 4.35. The van der Waals surface area contributed by atoms with E-state index < -0.39 is 0 Å². The molecule has 0 aliphatic carbocycles. The predicted octanol–water partition coefficient (Wildman–Crippen LogP) is -0.354. The molecule has 0 bridgehead atoms. The van der Waals surface area contributed by atoms with Crippen LogP contribution in [0.1, 0.15) is 6.42 Å². The highest BCUT2D eigenvalue weighted by Crippen LogP contribution is 2.05. The van der Waals surface area contributed by atoms with Gasteiger partial charge in [0.1, 0.15) is 5.92 Å². The van der Waals surface area contributed by atoms with Crippen LogP contribution < -0.4 is 5.32 Å². The number of carbonyl (C=O) groups excluding carboxylic acids is 1. The maximum Gasteiger partial charge on any atom is 0.237 e. The SMILES string of the molecule is N#C[C@H]1CCNC1=O. The van der Waals surface area contributed by atoms with Gasteiger partial charge in [-0.2, -0.15) is 5.26 Å². The Morgan fingerprint density at radius 2 is 2.62 bits per heavy atom. The Labute approximate surface area is 47.3 Å². The topological polar surface area (TPSA) is 52.9 Å². The normalized spacial score (nSPS) is 26.9. The lowest BCUT2D eigenvalue weighted by Crippen LogP contribution is -2.17. The molecule has 3 heteroatoms. The lowest BCUT2D eigenvalue weighted by atomic mass is 10.1. The summed E-state index contributed by atoms with van der Waals surface area (Å²) >= 11 is 0. The first-order valence-corrected chi connectivity index (χ1v) is 2.52. The highest BCUT2D eigenvalue weighted by atomic mass is 16.2. The third kappa shape index (κ3) is 0.648. The minimum Gasteiger partial charge on any atom is -0.355 e. The van der Waals surface area contributed by atoms with Crippen LogP contribution in [0, 0.1) is 17.2 Å². The van der Waals surface area contributed by atoms with Gasteiger partial charge in [0.15, 0.2) is 0 Å². The third-order valence-corrected chi connectivity index (χ3v) is 1.20. The second-order valence-corrected chi connectivity index (χ2v) is 1.76. The van der Waals surface area contributed by atoms with Gasteiger partial charge in [0.05, 0.1) is 6.07 Å². The molecule has 42 valence electrons. The molecule has 1 saturated heterocycles. The minimum absolute atomic E-state index is 0.118. The second kappa shape index (κ2) is 1.83. The molecule has 1 heterocycles. The number of amides is 1. The highest BCUT2D eigenvalue weighted by molar-refractivity contribution is 5.82. The molecule has 1 atom stereocenters. The van der Waals surface area contributed by atoms with Crippen molar-refractivity contribution in [2.75, 3.05) is 6.54 Å². The van der Waals surface area contributed by atoms with Crippen molar-refractivity contribution in [2.45, 2.75) is 6.42 Å². The number of nitrogens with zero attached hydrogens (tertiary/aromatic N) is 1. The zero-order valence-corrected chi connectivity index (χ0v) is 4.35. The van der Waals surface area contributed by atoms with E-state index >= 15 is 0 Å². The molecule has 8 heavy (non-hydrogen) atoms. The Hall–Kier alpha value is -1.04. The average molecular weight is 110 g/mol. The summed E-state index contributed by atoms with van der Waals surface area (Å²) in [6, 6.07) is 1.90. The molecule has 1 N–H and O–H groups in total. The largest absolute Gasteiger partial charge is 0.355 e. The van der Waals surface area contributed by atoms with Crippen LogP contribution in [-0.4, -0.2) is 12.5 Å². The first-order valence-electron chi connectivity index (χ1n) is 2.52. The van der Waals surface area contributed by atoms with E-state index in [4.69, 9.17) is 5.26 Å². The highest BCUT2D eigenvalue weighted by Gasteiger charge is 2.22. The molecule has 1 rings (SSSR count). The van der Waals surface area contributed by atoms with E-state index in [0.717, 1.165) is 0 Å². The van der Waals surface area contributed by atoms with Gasteiger partial charge >= 0.3 is 0 Å². The number of hydrogen-bond donors (Lipinski definition) is 1. The van der Waals surface area contributed by atoms with Gasteiger partial charge in [0, 0.05) is 6.54 Å². The fourth-order valence-corrected chi connectivity index (χ4v) is 0.717. The summed E-state index contributed by atoms with van der Waals surface area (Å²) in [7, 11) is 0. The summed E-state index contributed by atoms with van der Waals surface area (Å²) in [4.78, 5) is 10.5. The number of hydrogen-bond acceptors (Lipinski definition) is 2. The zero-order chi connectivity index (χ0) is 5.98. The van der Waals surface area contributed by atoms with Gasteiger partial charge < -0.3 is 5.32 Å². The summed E-state index contributed by atoms with van der Waals surface area (Å²) in [5.74, 6) is -0.498. The Kier molecular flexibility index (Phi) is 1.17. The summed E-state index contributed by atoms with van der Waals surface area (Å²) in [5, 5.41) is 10.8. The molecule has 0 unspecified atom stereocenters. The van der Waals surface area contributed by atoms with Gasteiger partial charge in [-0.15, -0.1) is 0 Å². The van der Waals surface area contributed by atoms with Crippen molar-refractivity contribution in [3.8, 4) is 6.07 Å². The smallest absolute Gasteiger partial charge is 0.237 e. The summed E-state index contributed by atoms with van der Waals surface area (Å²) in [6.07, 6.45) is 0.676. The fraction of sp³-hybridized carbons (Fsp3) is 0.600. The van der Waals surface area contributed by atoms with Crippen molar-refractivity contribution < 1.29 is 4.79 Å². The van der Waals surface area contributed by atoms with E-state index in [1.165, 1.54) is 0 Å². The lowest BCUT2D eigenvalue weighted by molar-refractivity contribution is -0.121. The maximum absolute atomic E-state index is 10.5. The Balaban J connectivity index is 2.58. The van der Waals surface area contributed by atoms with Crippen molar-refractivity contribution in [1.82, 2.24) is 5.32 Å². The molecular formula is C5H6N2O. The molecule has 1 aliphatic heterocycles. The van der Waals surface area contributed by atoms with Gasteiger partial charge in [0.25, 0.3) is 0 Å². The standard InChI is InChI=1S/C5H6N2O/c6-3-4-1-2-7-5(4)8/h4H,1-2H2,(H,7,8)/t4-/m1/s1. The van der Waals surface area contributed by atoms with Crippen LogP contribution in [0.25, 0.3) is 0 Å². The Morgan fingerprint density at radius 3 is 2.88 bits per heavy atom. The molecule has 1 aliphatic rings. The molecule has 3 nitrogen and oxygen atoms in total. The van der Waals surface area contributed by atoms with Crippen LogP contribution in [0.3, 0.4) is 0 Å². The molecule has 0 saturated carbocycles. The van der Waals surface area contributed by atoms with Crippen LogP contribution in [0.15, 0.2) is 0 Å².